The number of hydrogen-bond acceptors (Lipinski definition) is 1. The third kappa shape index (κ3) is 1.99. The third-order valence-corrected chi connectivity index (χ3v) is 5.23. The lowest BCUT2D eigenvalue weighted by Crippen LogP contribution is -2.18. The first-order valence-electron chi connectivity index (χ1n) is 8.48. The molecule has 2 aliphatic heterocycles. The predicted molar refractivity (Wildman–Crippen MR) is 92.5 cm³/mol. The summed E-state index contributed by atoms with van der Waals surface area (Å²) in [6.07, 6.45) is 5.82. The second kappa shape index (κ2) is 5.31. The van der Waals surface area contributed by atoms with Crippen molar-refractivity contribution >= 4 is 5.70 Å². The van der Waals surface area contributed by atoms with E-state index in [1.807, 2.05) is 0 Å². The highest BCUT2D eigenvalue weighted by atomic mass is 15.2. The van der Waals surface area contributed by atoms with Crippen LogP contribution in [0.3, 0.4) is 0 Å². The number of rotatable bonds is 3. The van der Waals surface area contributed by atoms with Crippen molar-refractivity contribution in [3.8, 4) is 0 Å². The van der Waals surface area contributed by atoms with Crippen molar-refractivity contribution in [1.82, 2.24) is 4.90 Å². The van der Waals surface area contributed by atoms with E-state index in [0.717, 1.165) is 25.8 Å². The van der Waals surface area contributed by atoms with Crippen LogP contribution in [0.1, 0.15) is 54.1 Å². The molecule has 2 aliphatic rings. The third-order valence-electron chi connectivity index (χ3n) is 5.23. The topological polar surface area (TPSA) is 3.24 Å². The molecule has 0 amide bonds. The number of aryl methyl sites for hydroxylation is 2. The molecule has 1 atom stereocenters. The fourth-order valence-electron chi connectivity index (χ4n) is 4.03. The lowest BCUT2D eigenvalue weighted by molar-refractivity contribution is 0.327. The van der Waals surface area contributed by atoms with Crippen LogP contribution in [0, 0.1) is 0 Å². The van der Waals surface area contributed by atoms with Gasteiger partial charge in [-0.2, -0.15) is 0 Å². The minimum atomic E-state index is 0.513. The maximum atomic E-state index is 2.59. The fourth-order valence-corrected chi connectivity index (χ4v) is 4.03. The summed E-state index contributed by atoms with van der Waals surface area (Å²) in [6, 6.07) is 16.5. The fraction of sp³-hybridized carbons (Fsp3) is 0.333. The zero-order valence-corrected chi connectivity index (χ0v) is 13.5. The Morgan fingerprint density at radius 3 is 2.64 bits per heavy atom. The lowest BCUT2D eigenvalue weighted by Gasteiger charge is -2.26. The molecule has 2 aromatic rings. The highest BCUT2D eigenvalue weighted by Crippen LogP contribution is 2.45. The number of fused-ring (bicyclic) bond motifs is 3. The van der Waals surface area contributed by atoms with Crippen LogP contribution in [0.25, 0.3) is 5.70 Å². The summed E-state index contributed by atoms with van der Waals surface area (Å²) in [5.41, 5.74) is 8.85. The van der Waals surface area contributed by atoms with Crippen LogP contribution >= 0.6 is 0 Å². The van der Waals surface area contributed by atoms with E-state index in [0.29, 0.717) is 6.04 Å². The molecule has 2 aromatic carbocycles. The van der Waals surface area contributed by atoms with Crippen molar-refractivity contribution in [2.24, 2.45) is 0 Å². The van der Waals surface area contributed by atoms with E-state index < -0.39 is 0 Å². The van der Waals surface area contributed by atoms with Gasteiger partial charge in [0, 0.05) is 17.8 Å². The summed E-state index contributed by atoms with van der Waals surface area (Å²) in [5.74, 6) is 0. The molecule has 0 saturated heterocycles. The van der Waals surface area contributed by atoms with Gasteiger partial charge in [0.2, 0.25) is 0 Å². The average molecular weight is 289 g/mol. The predicted octanol–water partition coefficient (Wildman–Crippen LogP) is 5.11. The van der Waals surface area contributed by atoms with Crippen molar-refractivity contribution in [1.29, 1.82) is 0 Å². The van der Waals surface area contributed by atoms with Gasteiger partial charge in [0.05, 0.1) is 6.04 Å². The minimum absolute atomic E-state index is 0.513. The van der Waals surface area contributed by atoms with Crippen molar-refractivity contribution in [2.45, 2.75) is 45.7 Å². The number of benzene rings is 2. The van der Waals surface area contributed by atoms with Crippen LogP contribution < -0.4 is 0 Å². The molecule has 112 valence electrons. The molecule has 0 aromatic heterocycles. The van der Waals surface area contributed by atoms with Gasteiger partial charge in [0.25, 0.3) is 0 Å². The van der Waals surface area contributed by atoms with E-state index in [1.165, 1.54) is 33.5 Å². The van der Waals surface area contributed by atoms with E-state index in [2.05, 4.69) is 67.3 Å². The molecule has 1 heteroatoms. The van der Waals surface area contributed by atoms with Crippen LogP contribution in [0.2, 0.25) is 0 Å². The molecular formula is C21H23N. The lowest BCUT2D eigenvalue weighted by atomic mass is 9.95. The largest absolute Gasteiger partial charge is 0.360 e. The first kappa shape index (κ1) is 13.6. The van der Waals surface area contributed by atoms with Gasteiger partial charge in [-0.3, -0.25) is 0 Å². The molecular weight excluding hydrogens is 266 g/mol. The minimum Gasteiger partial charge on any atom is -0.360 e. The summed E-state index contributed by atoms with van der Waals surface area (Å²) in [6.45, 7) is 5.58. The second-order valence-corrected chi connectivity index (χ2v) is 6.36. The Morgan fingerprint density at radius 2 is 1.82 bits per heavy atom. The van der Waals surface area contributed by atoms with Gasteiger partial charge in [-0.25, -0.2) is 0 Å². The van der Waals surface area contributed by atoms with Gasteiger partial charge < -0.3 is 4.90 Å². The van der Waals surface area contributed by atoms with E-state index >= 15 is 0 Å². The van der Waals surface area contributed by atoms with Crippen LogP contribution in [0.15, 0.2) is 48.5 Å². The molecule has 1 unspecified atom stereocenters. The Hall–Kier alpha value is -2.02. The maximum Gasteiger partial charge on any atom is 0.0581 e. The summed E-state index contributed by atoms with van der Waals surface area (Å²) in [4.78, 5) is 2.59. The van der Waals surface area contributed by atoms with Gasteiger partial charge >= 0.3 is 0 Å². The van der Waals surface area contributed by atoms with Crippen molar-refractivity contribution < 1.29 is 0 Å². The van der Waals surface area contributed by atoms with Gasteiger partial charge in [-0.1, -0.05) is 62.4 Å². The Balaban J connectivity index is 1.67. The molecule has 0 bridgehead atoms. The van der Waals surface area contributed by atoms with Crippen LogP contribution in [0.5, 0.6) is 0 Å². The van der Waals surface area contributed by atoms with Crippen LogP contribution in [-0.2, 0) is 19.4 Å². The zero-order chi connectivity index (χ0) is 15.1. The monoisotopic (exact) mass is 289 g/mol. The summed E-state index contributed by atoms with van der Waals surface area (Å²) >= 11 is 0. The molecule has 1 nitrogen and oxygen atoms in total. The summed E-state index contributed by atoms with van der Waals surface area (Å²) < 4.78 is 0. The van der Waals surface area contributed by atoms with E-state index in [-0.39, 0.29) is 0 Å². The first-order valence-corrected chi connectivity index (χ1v) is 8.48. The first-order chi connectivity index (χ1) is 10.8. The van der Waals surface area contributed by atoms with Crippen molar-refractivity contribution in [2.75, 3.05) is 0 Å². The Morgan fingerprint density at radius 1 is 1.00 bits per heavy atom. The molecule has 4 rings (SSSR count). The molecule has 0 spiro atoms. The zero-order valence-electron chi connectivity index (χ0n) is 13.5. The van der Waals surface area contributed by atoms with Gasteiger partial charge in [0.15, 0.2) is 0 Å². The summed E-state index contributed by atoms with van der Waals surface area (Å²) in [7, 11) is 0. The summed E-state index contributed by atoms with van der Waals surface area (Å²) in [5, 5.41) is 0. The Labute approximate surface area is 133 Å². The van der Waals surface area contributed by atoms with E-state index in [1.54, 1.807) is 0 Å². The SMILES string of the molecule is CCc1ccc(C2CC=C3c4ccccc4CN32)cc1CC. The highest BCUT2D eigenvalue weighted by molar-refractivity contribution is 5.73. The quantitative estimate of drug-likeness (QED) is 0.758. The highest BCUT2D eigenvalue weighted by Gasteiger charge is 2.34. The molecule has 0 N–H and O–H groups in total. The maximum absolute atomic E-state index is 2.59. The standard InChI is InChI=1S/C21H23N/c1-3-15-9-10-17(13-16(15)4-2)20-11-12-21-19-8-6-5-7-18(19)14-22(20)21/h5-10,12-13,20H,3-4,11,14H2,1-2H3. The molecule has 0 fully saturated rings. The second-order valence-electron chi connectivity index (χ2n) is 6.36. The van der Waals surface area contributed by atoms with E-state index in [9.17, 15) is 0 Å². The molecule has 0 saturated carbocycles. The molecule has 0 aliphatic carbocycles. The van der Waals surface area contributed by atoms with Crippen molar-refractivity contribution in [3.63, 3.8) is 0 Å². The van der Waals surface area contributed by atoms with Gasteiger partial charge in [0.1, 0.15) is 0 Å². The Bertz CT molecular complexity index is 741. The van der Waals surface area contributed by atoms with Gasteiger partial charge in [-0.05, 0) is 41.5 Å². The number of hydrogen-bond donors (Lipinski definition) is 0. The van der Waals surface area contributed by atoms with Crippen LogP contribution in [-0.4, -0.2) is 4.90 Å². The van der Waals surface area contributed by atoms with Crippen molar-refractivity contribution in [3.05, 3.63) is 76.4 Å². The van der Waals surface area contributed by atoms with E-state index in [4.69, 9.17) is 0 Å². The normalized spacial score (nSPS) is 19.1. The van der Waals surface area contributed by atoms with Crippen LogP contribution in [0.4, 0.5) is 0 Å². The number of nitrogens with zero attached hydrogens (tertiary/aromatic N) is 1. The molecule has 2 heterocycles. The molecule has 0 radical (unpaired) electrons. The smallest absolute Gasteiger partial charge is 0.0581 e. The average Bonchev–Trinajstić information content (AvgIpc) is 3.13. The van der Waals surface area contributed by atoms with Gasteiger partial charge in [-0.15, -0.1) is 0 Å². The molecule has 22 heavy (non-hydrogen) atoms. The Kier molecular flexibility index (Phi) is 3.29.